The van der Waals surface area contributed by atoms with E-state index < -0.39 is 55.9 Å². The van der Waals surface area contributed by atoms with Crippen molar-refractivity contribution in [3.05, 3.63) is 67.1 Å². The minimum Gasteiger partial charge on any atom is -0.461 e. The van der Waals surface area contributed by atoms with E-state index in [9.17, 15) is 24.8 Å². The van der Waals surface area contributed by atoms with Gasteiger partial charge in [-0.1, -0.05) is 24.3 Å². The quantitative estimate of drug-likeness (QED) is 0.122. The maximum absolute atomic E-state index is 14.0. The number of nitrogens with zero attached hydrogens (tertiary/aromatic N) is 4. The molecule has 3 heterocycles. The summed E-state index contributed by atoms with van der Waals surface area (Å²) in [7, 11) is -2.98. The first-order chi connectivity index (χ1) is 20.4. The highest BCUT2D eigenvalue weighted by Crippen LogP contribution is 2.47. The number of rotatable bonds is 13. The Labute approximate surface area is 247 Å². The number of para-hydroxylation sites is 1. The Bertz CT molecular complexity index is 1540. The molecule has 1 fully saturated rings. The smallest absolute Gasteiger partial charge is 0.459 e. The summed E-state index contributed by atoms with van der Waals surface area (Å²) in [6, 6.07) is 11.5. The number of nitrogen functional groups attached to an aromatic ring is 1. The number of hydrogen-bond acceptors (Lipinski definition) is 13. The highest BCUT2D eigenvalue weighted by Gasteiger charge is 2.58. The molecular weight excluding hydrogens is 583 g/mol. The molecule has 3 aromatic rings. The third kappa shape index (κ3) is 6.71. The Morgan fingerprint density at radius 3 is 2.72 bits per heavy atom. The fourth-order valence-electron chi connectivity index (χ4n) is 4.20. The summed E-state index contributed by atoms with van der Waals surface area (Å²) in [4.78, 5) is 16.7. The number of methoxy groups -OCH3 is 1. The fraction of sp³-hybridized carbons (Fsp3) is 0.407. The van der Waals surface area contributed by atoms with Crippen LogP contribution in [0.4, 0.5) is 5.82 Å². The van der Waals surface area contributed by atoms with Crippen LogP contribution in [-0.2, 0) is 33.7 Å². The van der Waals surface area contributed by atoms with E-state index in [1.807, 2.05) is 6.07 Å². The Balaban J connectivity index is 1.57. The predicted octanol–water partition coefficient (Wildman–Crippen LogP) is 1.47. The molecule has 1 aliphatic heterocycles. The molecule has 1 aromatic carbocycles. The van der Waals surface area contributed by atoms with Crippen LogP contribution in [-0.4, -0.2) is 81.1 Å². The minimum atomic E-state index is -4.45. The van der Waals surface area contributed by atoms with Crippen molar-refractivity contribution in [3.8, 4) is 11.8 Å². The van der Waals surface area contributed by atoms with Crippen LogP contribution in [0.25, 0.3) is 5.52 Å². The molecule has 1 saturated heterocycles. The van der Waals surface area contributed by atoms with Crippen LogP contribution in [0.2, 0.25) is 0 Å². The summed E-state index contributed by atoms with van der Waals surface area (Å²) in [6.07, 6.45) is -2.52. The number of carbonyl (C=O) groups is 1. The largest absolute Gasteiger partial charge is 0.461 e. The molecule has 5 N–H and O–H groups in total. The molecule has 1 aliphatic rings. The van der Waals surface area contributed by atoms with Crippen molar-refractivity contribution in [2.75, 3.05) is 26.1 Å². The monoisotopic (exact) mass is 616 g/mol. The zero-order valence-electron chi connectivity index (χ0n) is 23.7. The van der Waals surface area contributed by atoms with Crippen molar-refractivity contribution in [2.45, 2.75) is 49.4 Å². The van der Waals surface area contributed by atoms with Gasteiger partial charge in [0.25, 0.3) is 0 Å². The molecule has 4 rings (SSSR count). The van der Waals surface area contributed by atoms with Gasteiger partial charge in [0.2, 0.25) is 5.60 Å². The second kappa shape index (κ2) is 12.8. The highest BCUT2D eigenvalue weighted by atomic mass is 31.2. The second-order valence-corrected chi connectivity index (χ2v) is 11.9. The van der Waals surface area contributed by atoms with Gasteiger partial charge in [0.15, 0.2) is 5.82 Å². The number of esters is 1. The fourth-order valence-corrected chi connectivity index (χ4v) is 5.67. The highest BCUT2D eigenvalue weighted by molar-refractivity contribution is 7.52. The Morgan fingerprint density at radius 2 is 2.07 bits per heavy atom. The number of anilines is 1. The molecule has 0 spiro atoms. The predicted molar refractivity (Wildman–Crippen MR) is 151 cm³/mol. The van der Waals surface area contributed by atoms with E-state index in [1.165, 1.54) is 35.9 Å². The first kappa shape index (κ1) is 32.1. The molecule has 0 bridgehead atoms. The lowest BCUT2D eigenvalue weighted by Gasteiger charge is -2.26. The maximum Gasteiger partial charge on any atom is 0.459 e. The van der Waals surface area contributed by atoms with Gasteiger partial charge in [-0.15, -0.1) is 6.58 Å². The molecule has 0 radical (unpaired) electrons. The molecule has 15 nitrogen and oxygen atoms in total. The number of ether oxygens (including phenoxy) is 3. The molecule has 1 unspecified atom stereocenters. The first-order valence-electron chi connectivity index (χ1n) is 13.0. The number of benzene rings is 1. The normalized spacial score (nSPS) is 24.1. The summed E-state index contributed by atoms with van der Waals surface area (Å²) >= 11 is 0. The van der Waals surface area contributed by atoms with Crippen LogP contribution in [0.15, 0.2) is 61.4 Å². The summed E-state index contributed by atoms with van der Waals surface area (Å²) in [6.45, 7) is 6.28. The second-order valence-electron chi connectivity index (χ2n) is 10.2. The van der Waals surface area contributed by atoms with Gasteiger partial charge < -0.3 is 34.7 Å². The SMILES string of the molecule is C=C[C@H](NP(=O)(OC[C@H]1O[C@@](C#N)(c2ccc3c(N)ncnn23)[C@H](O)[C@@H]1O)Oc1ccccc1)C(=O)OCC(C)(C)OC. The molecule has 2 aromatic heterocycles. The Morgan fingerprint density at radius 1 is 1.35 bits per heavy atom. The number of nitriles is 1. The summed E-state index contributed by atoms with van der Waals surface area (Å²) in [5.41, 5.74) is 3.42. The molecule has 16 heteroatoms. The average molecular weight is 617 g/mol. The van der Waals surface area contributed by atoms with E-state index >= 15 is 0 Å². The van der Waals surface area contributed by atoms with Crippen molar-refractivity contribution in [3.63, 3.8) is 0 Å². The Kier molecular flexibility index (Phi) is 9.53. The molecular formula is C27H33N6O9P. The van der Waals surface area contributed by atoms with Gasteiger partial charge in [0, 0.05) is 7.11 Å². The summed E-state index contributed by atoms with van der Waals surface area (Å²) in [5, 5.41) is 38.6. The van der Waals surface area contributed by atoms with E-state index in [-0.39, 0.29) is 23.9 Å². The first-order valence-corrected chi connectivity index (χ1v) is 14.6. The molecule has 230 valence electrons. The third-order valence-corrected chi connectivity index (χ3v) is 8.30. The topological polar surface area (TPSA) is 213 Å². The van der Waals surface area contributed by atoms with Gasteiger partial charge in [-0.25, -0.2) is 18.9 Å². The third-order valence-electron chi connectivity index (χ3n) is 6.77. The molecule has 43 heavy (non-hydrogen) atoms. The van der Waals surface area contributed by atoms with Crippen molar-refractivity contribution < 1.29 is 42.8 Å². The van der Waals surface area contributed by atoms with Crippen molar-refractivity contribution in [1.29, 1.82) is 5.26 Å². The van der Waals surface area contributed by atoms with Crippen LogP contribution in [0.3, 0.4) is 0 Å². The lowest BCUT2D eigenvalue weighted by molar-refractivity contribution is -0.152. The van der Waals surface area contributed by atoms with Crippen LogP contribution in [0.5, 0.6) is 5.75 Å². The van der Waals surface area contributed by atoms with Gasteiger partial charge in [0.05, 0.1) is 17.9 Å². The van der Waals surface area contributed by atoms with Gasteiger partial charge in [-0.3, -0.25) is 4.52 Å². The summed E-state index contributed by atoms with van der Waals surface area (Å²) in [5.74, 6) is -0.585. The van der Waals surface area contributed by atoms with Crippen LogP contribution < -0.4 is 15.3 Å². The number of aliphatic hydroxyl groups is 2. The lowest BCUT2D eigenvalue weighted by Crippen LogP contribution is -2.41. The zero-order chi connectivity index (χ0) is 31.4. The van der Waals surface area contributed by atoms with E-state index in [0.717, 1.165) is 12.4 Å². The molecule has 0 amide bonds. The standard InChI is InChI=1S/C27H33N6O9P/c1-5-18(25(36)39-15-26(2,3)38-4)32-43(37,42-17-9-7-6-8-10-17)40-13-20-22(34)23(35)27(14-28,41-20)21-12-11-19-24(29)30-16-31-33(19)21/h5-12,16,18,20,22-23,34-35H,1,13,15H2,2-4H3,(H,32,37)(H2,29,30,31)/t18-,20+,22+,23+,27-,43?/m0/s1. The van der Waals surface area contributed by atoms with E-state index in [2.05, 4.69) is 21.7 Å². The molecule has 0 aliphatic carbocycles. The molecule has 0 saturated carbocycles. The van der Waals surface area contributed by atoms with Gasteiger partial charge >= 0.3 is 13.7 Å². The minimum absolute atomic E-state index is 0.0726. The van der Waals surface area contributed by atoms with E-state index in [0.29, 0.717) is 5.52 Å². The van der Waals surface area contributed by atoms with Crippen molar-refractivity contribution in [1.82, 2.24) is 19.7 Å². The number of fused-ring (bicyclic) bond motifs is 1. The Hall–Kier alpha value is -3.87. The number of hydrogen-bond donors (Lipinski definition) is 4. The average Bonchev–Trinajstić information content (AvgIpc) is 3.54. The number of aliphatic hydroxyl groups excluding tert-OH is 2. The number of nitrogens with one attached hydrogen (secondary N) is 1. The van der Waals surface area contributed by atoms with Gasteiger partial charge in [0.1, 0.15) is 54.6 Å². The number of aromatic nitrogens is 3. The number of nitrogens with two attached hydrogens (primary N) is 1. The zero-order valence-corrected chi connectivity index (χ0v) is 24.6. The van der Waals surface area contributed by atoms with Gasteiger partial charge in [-0.2, -0.15) is 15.4 Å². The van der Waals surface area contributed by atoms with Crippen LogP contribution in [0, 0.1) is 11.3 Å². The van der Waals surface area contributed by atoms with E-state index in [1.54, 1.807) is 32.0 Å². The summed E-state index contributed by atoms with van der Waals surface area (Å²) < 4.78 is 43.0. The maximum atomic E-state index is 14.0. The van der Waals surface area contributed by atoms with Gasteiger partial charge in [-0.05, 0) is 38.1 Å². The number of carbonyl (C=O) groups excluding carboxylic acids is 1. The van der Waals surface area contributed by atoms with Crippen molar-refractivity contribution in [2.24, 2.45) is 0 Å². The molecule has 6 atom stereocenters. The van der Waals surface area contributed by atoms with Crippen molar-refractivity contribution >= 4 is 25.1 Å². The van der Waals surface area contributed by atoms with Crippen LogP contribution in [0.1, 0.15) is 19.5 Å². The van der Waals surface area contributed by atoms with Crippen LogP contribution >= 0.6 is 7.75 Å². The van der Waals surface area contributed by atoms with E-state index in [4.69, 9.17) is 29.0 Å². The lowest BCUT2D eigenvalue weighted by atomic mass is 9.92.